The normalized spacial score (nSPS) is 11.5. The van der Waals surface area contributed by atoms with Gasteiger partial charge in [0.15, 0.2) is 0 Å². The van der Waals surface area contributed by atoms with Gasteiger partial charge in [0.2, 0.25) is 11.8 Å². The third kappa shape index (κ3) is 7.95. The van der Waals surface area contributed by atoms with Gasteiger partial charge >= 0.3 is 0 Å². The van der Waals surface area contributed by atoms with Crippen LogP contribution in [-0.2, 0) is 22.6 Å². The van der Waals surface area contributed by atoms with Gasteiger partial charge in [-0.15, -0.1) is 0 Å². The lowest BCUT2D eigenvalue weighted by Gasteiger charge is -2.31. The maximum Gasteiger partial charge on any atom is 0.243 e. The number of nitrogens with zero attached hydrogens (tertiary/aromatic N) is 1. The first-order valence-electron chi connectivity index (χ1n) is 12.0. The second kappa shape index (κ2) is 13.3. The molecule has 0 aromatic heterocycles. The summed E-state index contributed by atoms with van der Waals surface area (Å²) in [5.41, 5.74) is 2.45. The van der Waals surface area contributed by atoms with E-state index in [1.165, 1.54) is 11.0 Å². The summed E-state index contributed by atoms with van der Waals surface area (Å²) in [4.78, 5) is 28.0. The minimum atomic E-state index is -0.762. The number of benzene rings is 3. The summed E-state index contributed by atoms with van der Waals surface area (Å²) >= 11 is 0. The first-order chi connectivity index (χ1) is 17.0. The summed E-state index contributed by atoms with van der Waals surface area (Å²) in [5, 5.41) is 2.84. The third-order valence-corrected chi connectivity index (χ3v) is 5.75. The zero-order valence-electron chi connectivity index (χ0n) is 20.4. The van der Waals surface area contributed by atoms with Crippen LogP contribution in [0.3, 0.4) is 0 Å². The van der Waals surface area contributed by atoms with Crippen molar-refractivity contribution in [3.63, 3.8) is 0 Å². The van der Waals surface area contributed by atoms with E-state index in [9.17, 15) is 14.0 Å². The number of nitrogens with one attached hydrogen (secondary N) is 1. The molecule has 0 aliphatic rings. The lowest BCUT2D eigenvalue weighted by Crippen LogP contribution is -2.50. The molecular weight excluding hydrogens is 443 g/mol. The van der Waals surface area contributed by atoms with E-state index in [0.29, 0.717) is 31.6 Å². The monoisotopic (exact) mass is 476 g/mol. The van der Waals surface area contributed by atoms with E-state index in [1.807, 2.05) is 68.4 Å². The van der Waals surface area contributed by atoms with Crippen molar-refractivity contribution in [2.45, 2.75) is 45.7 Å². The Morgan fingerprint density at radius 3 is 2.34 bits per heavy atom. The highest BCUT2D eigenvalue weighted by Gasteiger charge is 2.30. The molecule has 0 saturated carbocycles. The van der Waals surface area contributed by atoms with Gasteiger partial charge in [0.05, 0.1) is 6.61 Å². The molecule has 3 rings (SSSR count). The number of carbonyl (C=O) groups is 2. The molecule has 3 aromatic carbocycles. The van der Waals surface area contributed by atoms with Gasteiger partial charge in [-0.3, -0.25) is 9.59 Å². The Morgan fingerprint density at radius 2 is 1.66 bits per heavy atom. The number of halogens is 1. The smallest absolute Gasteiger partial charge is 0.243 e. The summed E-state index contributed by atoms with van der Waals surface area (Å²) in [6.07, 6.45) is 1.01. The molecule has 0 heterocycles. The number of ether oxygens (including phenoxy) is 1. The van der Waals surface area contributed by atoms with Crippen LogP contribution in [0.15, 0.2) is 78.9 Å². The highest BCUT2D eigenvalue weighted by molar-refractivity contribution is 5.88. The predicted octanol–water partition coefficient (Wildman–Crippen LogP) is 5.07. The average molecular weight is 477 g/mol. The maximum absolute atomic E-state index is 14.5. The second-order valence-corrected chi connectivity index (χ2v) is 8.48. The molecule has 0 aliphatic carbocycles. The van der Waals surface area contributed by atoms with Gasteiger partial charge in [-0.05, 0) is 44.0 Å². The summed E-state index contributed by atoms with van der Waals surface area (Å²) in [6, 6.07) is 22.9. The molecule has 184 valence electrons. The number of likely N-dealkylation sites (N-methyl/N-ethyl adjacent to an activating group) is 1. The third-order valence-electron chi connectivity index (χ3n) is 5.75. The van der Waals surface area contributed by atoms with Crippen molar-refractivity contribution in [2.24, 2.45) is 0 Å². The lowest BCUT2D eigenvalue weighted by atomic mass is 10.0. The van der Waals surface area contributed by atoms with E-state index in [4.69, 9.17) is 4.74 Å². The van der Waals surface area contributed by atoms with Crippen molar-refractivity contribution in [2.75, 3.05) is 13.2 Å². The van der Waals surface area contributed by atoms with E-state index in [-0.39, 0.29) is 24.8 Å². The molecule has 5 nitrogen and oxygen atoms in total. The fourth-order valence-corrected chi connectivity index (χ4v) is 3.85. The number of amides is 2. The first kappa shape index (κ1) is 25.9. The zero-order chi connectivity index (χ0) is 25.0. The lowest BCUT2D eigenvalue weighted by molar-refractivity contribution is -0.141. The van der Waals surface area contributed by atoms with Crippen LogP contribution in [0.5, 0.6) is 5.75 Å². The van der Waals surface area contributed by atoms with Crippen molar-refractivity contribution in [3.8, 4) is 5.75 Å². The van der Waals surface area contributed by atoms with Crippen molar-refractivity contribution in [1.29, 1.82) is 0 Å². The van der Waals surface area contributed by atoms with Crippen LogP contribution in [0.25, 0.3) is 0 Å². The van der Waals surface area contributed by atoms with E-state index < -0.39 is 11.9 Å². The van der Waals surface area contributed by atoms with E-state index in [1.54, 1.807) is 18.2 Å². The number of rotatable bonds is 12. The fourth-order valence-electron chi connectivity index (χ4n) is 3.85. The van der Waals surface area contributed by atoms with Gasteiger partial charge in [-0.2, -0.15) is 0 Å². The Morgan fingerprint density at radius 1 is 0.971 bits per heavy atom. The van der Waals surface area contributed by atoms with E-state index in [2.05, 4.69) is 5.32 Å². The molecule has 1 unspecified atom stereocenters. The summed E-state index contributed by atoms with van der Waals surface area (Å²) in [7, 11) is 0. The maximum atomic E-state index is 14.5. The van der Waals surface area contributed by atoms with Crippen LogP contribution in [0, 0.1) is 12.7 Å². The minimum absolute atomic E-state index is 0.0129. The molecule has 35 heavy (non-hydrogen) atoms. The Kier molecular flexibility index (Phi) is 9.84. The van der Waals surface area contributed by atoms with E-state index in [0.717, 1.165) is 16.9 Å². The second-order valence-electron chi connectivity index (χ2n) is 8.48. The molecule has 6 heteroatoms. The van der Waals surface area contributed by atoms with E-state index >= 15 is 0 Å². The molecule has 0 saturated heterocycles. The molecule has 0 bridgehead atoms. The van der Waals surface area contributed by atoms with Crippen molar-refractivity contribution in [1.82, 2.24) is 10.2 Å². The Labute approximate surface area is 206 Å². The molecule has 0 spiro atoms. The molecule has 0 fully saturated rings. The SMILES string of the molecule is CCNC(=O)C(Cc1ccccc1)N(Cc1ccccc1F)C(=O)CCCOc1ccc(C)cc1. The summed E-state index contributed by atoms with van der Waals surface area (Å²) in [6.45, 7) is 4.66. The number of carbonyl (C=O) groups excluding carboxylic acids is 2. The van der Waals surface area contributed by atoms with Crippen molar-refractivity contribution in [3.05, 3.63) is 101 Å². The van der Waals surface area contributed by atoms with Crippen molar-refractivity contribution < 1.29 is 18.7 Å². The Bertz CT molecular complexity index is 1090. The minimum Gasteiger partial charge on any atom is -0.494 e. The number of hydrogen-bond acceptors (Lipinski definition) is 3. The van der Waals surface area contributed by atoms with Gasteiger partial charge in [-0.1, -0.05) is 66.2 Å². The molecule has 0 radical (unpaired) electrons. The summed E-state index contributed by atoms with van der Waals surface area (Å²) < 4.78 is 20.3. The van der Waals surface area contributed by atoms with Gasteiger partial charge < -0.3 is 15.0 Å². The topological polar surface area (TPSA) is 58.6 Å². The van der Waals surface area contributed by atoms with Gasteiger partial charge in [0, 0.05) is 31.5 Å². The van der Waals surface area contributed by atoms with Gasteiger partial charge in [0.25, 0.3) is 0 Å². The quantitative estimate of drug-likeness (QED) is 0.372. The van der Waals surface area contributed by atoms with Gasteiger partial charge in [-0.25, -0.2) is 4.39 Å². The highest BCUT2D eigenvalue weighted by Crippen LogP contribution is 2.18. The number of hydrogen-bond donors (Lipinski definition) is 1. The Balaban J connectivity index is 1.77. The van der Waals surface area contributed by atoms with Crippen LogP contribution < -0.4 is 10.1 Å². The fraction of sp³-hybridized carbons (Fsp3) is 0.310. The van der Waals surface area contributed by atoms with Crippen LogP contribution in [0.2, 0.25) is 0 Å². The molecule has 2 amide bonds. The summed E-state index contributed by atoms with van der Waals surface area (Å²) in [5.74, 6) is -0.122. The molecule has 1 N–H and O–H groups in total. The van der Waals surface area contributed by atoms with Crippen LogP contribution >= 0.6 is 0 Å². The average Bonchev–Trinajstić information content (AvgIpc) is 2.86. The standard InChI is InChI=1S/C29H33FN2O3/c1-3-31-29(34)27(20-23-10-5-4-6-11-23)32(21-24-12-7-8-13-26(24)30)28(33)14-9-19-35-25-17-15-22(2)16-18-25/h4-8,10-13,15-18,27H,3,9,14,19-21H2,1-2H3,(H,31,34). The first-order valence-corrected chi connectivity index (χ1v) is 12.0. The zero-order valence-corrected chi connectivity index (χ0v) is 20.4. The van der Waals surface area contributed by atoms with Crippen LogP contribution in [-0.4, -0.2) is 35.9 Å². The van der Waals surface area contributed by atoms with Crippen LogP contribution in [0.4, 0.5) is 4.39 Å². The predicted molar refractivity (Wildman–Crippen MR) is 135 cm³/mol. The van der Waals surface area contributed by atoms with Crippen molar-refractivity contribution >= 4 is 11.8 Å². The molecule has 1 atom stereocenters. The Hall–Kier alpha value is -3.67. The largest absolute Gasteiger partial charge is 0.494 e. The van der Waals surface area contributed by atoms with Gasteiger partial charge in [0.1, 0.15) is 17.6 Å². The molecule has 3 aromatic rings. The number of aryl methyl sites for hydroxylation is 1. The molecule has 0 aliphatic heterocycles. The highest BCUT2D eigenvalue weighted by atomic mass is 19.1. The molecular formula is C29H33FN2O3. The van der Waals surface area contributed by atoms with Crippen LogP contribution in [0.1, 0.15) is 36.5 Å².